The van der Waals surface area contributed by atoms with E-state index in [0.29, 0.717) is 6.42 Å². The van der Waals surface area contributed by atoms with Crippen LogP contribution >= 0.6 is 15.9 Å². The summed E-state index contributed by atoms with van der Waals surface area (Å²) < 4.78 is 11.9. The lowest BCUT2D eigenvalue weighted by atomic mass is 10.0. The third kappa shape index (κ3) is 3.25. The van der Waals surface area contributed by atoms with Gasteiger partial charge in [-0.3, -0.25) is 0 Å². The van der Waals surface area contributed by atoms with Crippen molar-refractivity contribution in [3.8, 4) is 5.75 Å². The Hall–Kier alpha value is -0.580. The van der Waals surface area contributed by atoms with Crippen molar-refractivity contribution in [1.29, 1.82) is 0 Å². The van der Waals surface area contributed by atoms with Crippen molar-refractivity contribution < 1.29 is 14.6 Å². The van der Waals surface area contributed by atoms with Gasteiger partial charge in [-0.2, -0.15) is 0 Å². The molecule has 1 aromatic carbocycles. The van der Waals surface area contributed by atoms with Gasteiger partial charge in [-0.25, -0.2) is 0 Å². The van der Waals surface area contributed by atoms with Gasteiger partial charge in [-0.15, -0.1) is 0 Å². The van der Waals surface area contributed by atoms with Crippen LogP contribution in [0.5, 0.6) is 5.75 Å². The molecule has 3 nitrogen and oxygen atoms in total. The molecule has 18 heavy (non-hydrogen) atoms. The van der Waals surface area contributed by atoms with Crippen LogP contribution in [0.1, 0.15) is 25.3 Å². The van der Waals surface area contributed by atoms with Gasteiger partial charge in [0.15, 0.2) is 0 Å². The Bertz CT molecular complexity index is 408. The lowest BCUT2D eigenvalue weighted by Gasteiger charge is -2.19. The molecule has 0 spiro atoms. The number of rotatable bonds is 4. The number of halogens is 1. The summed E-state index contributed by atoms with van der Waals surface area (Å²) in [6.07, 6.45) is 2.30. The maximum absolute atomic E-state index is 10.2. The van der Waals surface area contributed by atoms with Gasteiger partial charge in [0.2, 0.25) is 0 Å². The van der Waals surface area contributed by atoms with Crippen molar-refractivity contribution in [3.05, 3.63) is 28.2 Å². The summed E-state index contributed by atoms with van der Waals surface area (Å²) in [6, 6.07) is 5.79. The number of aliphatic hydroxyl groups is 1. The third-order valence-corrected chi connectivity index (χ3v) is 4.15. The lowest BCUT2D eigenvalue weighted by Crippen LogP contribution is -2.28. The molecular formula is C14H19BrO3. The largest absolute Gasteiger partial charge is 0.497 e. The zero-order chi connectivity index (χ0) is 13.1. The number of methoxy groups -OCH3 is 1. The van der Waals surface area contributed by atoms with Crippen molar-refractivity contribution in [2.75, 3.05) is 7.11 Å². The van der Waals surface area contributed by atoms with Gasteiger partial charge in [0.05, 0.1) is 25.4 Å². The second-order valence-electron chi connectivity index (χ2n) is 4.79. The Kier molecular flexibility index (Phi) is 4.65. The van der Waals surface area contributed by atoms with Crippen molar-refractivity contribution in [3.63, 3.8) is 0 Å². The Balaban J connectivity index is 2.04. The van der Waals surface area contributed by atoms with E-state index in [1.165, 1.54) is 0 Å². The Morgan fingerprint density at radius 1 is 1.50 bits per heavy atom. The number of aliphatic hydroxyl groups excluding tert-OH is 1. The molecule has 100 valence electrons. The Labute approximate surface area is 116 Å². The smallest absolute Gasteiger partial charge is 0.119 e. The maximum Gasteiger partial charge on any atom is 0.119 e. The summed E-state index contributed by atoms with van der Waals surface area (Å²) in [6.45, 7) is 2.05. The summed E-state index contributed by atoms with van der Waals surface area (Å²) in [5, 5.41) is 10.2. The minimum atomic E-state index is -0.460. The topological polar surface area (TPSA) is 38.7 Å². The number of ether oxygens (including phenoxy) is 2. The predicted octanol–water partition coefficient (Wildman–Crippen LogP) is 2.93. The quantitative estimate of drug-likeness (QED) is 0.928. The van der Waals surface area contributed by atoms with Crippen molar-refractivity contribution in [2.24, 2.45) is 0 Å². The van der Waals surface area contributed by atoms with E-state index in [1.807, 2.05) is 25.1 Å². The van der Waals surface area contributed by atoms with Gasteiger partial charge >= 0.3 is 0 Å². The van der Waals surface area contributed by atoms with Crippen LogP contribution in [0.4, 0.5) is 0 Å². The molecule has 1 saturated heterocycles. The molecule has 1 aliphatic heterocycles. The summed E-state index contributed by atoms with van der Waals surface area (Å²) in [7, 11) is 1.64. The van der Waals surface area contributed by atoms with E-state index in [2.05, 4.69) is 15.9 Å². The van der Waals surface area contributed by atoms with E-state index in [1.54, 1.807) is 7.11 Å². The van der Waals surface area contributed by atoms with E-state index < -0.39 is 6.10 Å². The molecule has 1 aromatic rings. The Morgan fingerprint density at radius 2 is 2.28 bits per heavy atom. The molecule has 0 saturated carbocycles. The molecule has 0 aromatic heterocycles. The highest BCUT2D eigenvalue weighted by Gasteiger charge is 2.28. The van der Waals surface area contributed by atoms with Crippen LogP contribution in [0.3, 0.4) is 0 Å². The first kappa shape index (κ1) is 13.8. The van der Waals surface area contributed by atoms with E-state index in [0.717, 1.165) is 28.6 Å². The highest BCUT2D eigenvalue weighted by Crippen LogP contribution is 2.27. The van der Waals surface area contributed by atoms with Crippen LogP contribution in [0.2, 0.25) is 0 Å². The standard InChI is InChI=1S/C14H19BrO3/c1-9-3-6-14(18-9)13(16)8-10-7-11(17-2)4-5-12(10)15/h4-5,7,9,13-14,16H,3,6,8H2,1-2H3. The first-order chi connectivity index (χ1) is 8.60. The van der Waals surface area contributed by atoms with E-state index in [-0.39, 0.29) is 12.2 Å². The van der Waals surface area contributed by atoms with Gasteiger partial charge in [0.1, 0.15) is 5.75 Å². The molecule has 3 unspecified atom stereocenters. The summed E-state index contributed by atoms with van der Waals surface area (Å²) in [4.78, 5) is 0. The fourth-order valence-electron chi connectivity index (χ4n) is 2.31. The third-order valence-electron chi connectivity index (χ3n) is 3.38. The Morgan fingerprint density at radius 3 is 2.89 bits per heavy atom. The first-order valence-corrected chi connectivity index (χ1v) is 7.05. The molecule has 0 amide bonds. The molecular weight excluding hydrogens is 296 g/mol. The molecule has 0 aliphatic carbocycles. The molecule has 3 atom stereocenters. The maximum atomic E-state index is 10.2. The monoisotopic (exact) mass is 314 g/mol. The summed E-state index contributed by atoms with van der Waals surface area (Å²) in [5.74, 6) is 0.807. The lowest BCUT2D eigenvalue weighted by molar-refractivity contribution is -0.0279. The van der Waals surface area contributed by atoms with E-state index in [4.69, 9.17) is 9.47 Å². The number of hydrogen-bond donors (Lipinski definition) is 1. The molecule has 2 rings (SSSR count). The van der Waals surface area contributed by atoms with Crippen LogP contribution in [0.15, 0.2) is 22.7 Å². The van der Waals surface area contributed by atoms with Crippen molar-refractivity contribution in [1.82, 2.24) is 0 Å². The SMILES string of the molecule is COc1ccc(Br)c(CC(O)C2CCC(C)O2)c1. The molecule has 1 heterocycles. The zero-order valence-corrected chi connectivity index (χ0v) is 12.3. The fourth-order valence-corrected chi connectivity index (χ4v) is 2.72. The second-order valence-corrected chi connectivity index (χ2v) is 5.65. The van der Waals surface area contributed by atoms with Crippen molar-refractivity contribution >= 4 is 15.9 Å². The van der Waals surface area contributed by atoms with Gasteiger partial charge in [0.25, 0.3) is 0 Å². The first-order valence-electron chi connectivity index (χ1n) is 6.26. The van der Waals surface area contributed by atoms with Crippen LogP contribution in [0.25, 0.3) is 0 Å². The minimum Gasteiger partial charge on any atom is -0.497 e. The summed E-state index contributed by atoms with van der Waals surface area (Å²) in [5.41, 5.74) is 1.05. The van der Waals surface area contributed by atoms with Gasteiger partial charge in [-0.05, 0) is 43.5 Å². The van der Waals surface area contributed by atoms with Crippen LogP contribution < -0.4 is 4.74 Å². The van der Waals surface area contributed by atoms with E-state index in [9.17, 15) is 5.11 Å². The highest BCUT2D eigenvalue weighted by molar-refractivity contribution is 9.10. The van der Waals surface area contributed by atoms with Gasteiger partial charge in [0, 0.05) is 10.9 Å². The van der Waals surface area contributed by atoms with Crippen LogP contribution in [-0.4, -0.2) is 30.5 Å². The average Bonchev–Trinajstić information content (AvgIpc) is 2.79. The predicted molar refractivity (Wildman–Crippen MR) is 74.0 cm³/mol. The molecule has 4 heteroatoms. The molecule has 0 radical (unpaired) electrons. The van der Waals surface area contributed by atoms with Gasteiger partial charge < -0.3 is 14.6 Å². The fraction of sp³-hybridized carbons (Fsp3) is 0.571. The highest BCUT2D eigenvalue weighted by atomic mass is 79.9. The average molecular weight is 315 g/mol. The van der Waals surface area contributed by atoms with E-state index >= 15 is 0 Å². The van der Waals surface area contributed by atoms with Crippen LogP contribution in [0, 0.1) is 0 Å². The number of hydrogen-bond acceptors (Lipinski definition) is 3. The second kappa shape index (κ2) is 6.04. The molecule has 1 fully saturated rings. The number of benzene rings is 1. The van der Waals surface area contributed by atoms with Gasteiger partial charge in [-0.1, -0.05) is 15.9 Å². The summed E-state index contributed by atoms with van der Waals surface area (Å²) >= 11 is 3.50. The van der Waals surface area contributed by atoms with Crippen LogP contribution in [-0.2, 0) is 11.2 Å². The molecule has 1 aliphatic rings. The zero-order valence-electron chi connectivity index (χ0n) is 10.7. The molecule has 0 bridgehead atoms. The van der Waals surface area contributed by atoms with Crippen molar-refractivity contribution in [2.45, 2.75) is 44.5 Å². The normalized spacial score (nSPS) is 25.1. The molecule has 1 N–H and O–H groups in total. The minimum absolute atomic E-state index is 0.0434.